The summed E-state index contributed by atoms with van der Waals surface area (Å²) in [6.07, 6.45) is 5.03. The zero-order valence-electron chi connectivity index (χ0n) is 29.4. The van der Waals surface area contributed by atoms with Gasteiger partial charge in [-0.25, -0.2) is 4.79 Å². The van der Waals surface area contributed by atoms with Crippen molar-refractivity contribution in [1.82, 2.24) is 0 Å². The van der Waals surface area contributed by atoms with Crippen molar-refractivity contribution in [1.29, 1.82) is 0 Å². The van der Waals surface area contributed by atoms with E-state index in [2.05, 4.69) is 108 Å². The maximum Gasteiger partial charge on any atom is 0.335 e. The summed E-state index contributed by atoms with van der Waals surface area (Å²) in [5.41, 5.74) is 8.15. The van der Waals surface area contributed by atoms with Crippen LogP contribution in [0, 0.1) is 0 Å². The molecule has 3 aromatic rings. The third-order valence-corrected chi connectivity index (χ3v) is 13.9. The molecule has 0 bridgehead atoms. The van der Waals surface area contributed by atoms with Crippen LogP contribution in [0.25, 0.3) is 22.3 Å². The second-order valence-corrected chi connectivity index (χ2v) is 19.0. The predicted octanol–water partition coefficient (Wildman–Crippen LogP) is 9.81. The summed E-state index contributed by atoms with van der Waals surface area (Å²) in [5.74, 6) is 0.452. The number of benzene rings is 3. The number of hydrogen-bond acceptors (Lipinski definition) is 5. The number of ether oxygens (including phenoxy) is 4. The topological polar surface area (TPSA) is 54.0 Å². The molecule has 0 heterocycles. The van der Waals surface area contributed by atoms with E-state index in [0.29, 0.717) is 37.9 Å². The molecule has 0 aliphatic carbocycles. The van der Waals surface area contributed by atoms with Crippen molar-refractivity contribution in [3.63, 3.8) is 0 Å². The van der Waals surface area contributed by atoms with Crippen molar-refractivity contribution in [2.24, 2.45) is 0 Å². The van der Waals surface area contributed by atoms with Gasteiger partial charge in [-0.2, -0.15) is 0 Å². The van der Waals surface area contributed by atoms with Crippen molar-refractivity contribution < 1.29 is 23.7 Å². The van der Waals surface area contributed by atoms with E-state index in [1.165, 1.54) is 22.3 Å². The number of rotatable bonds is 16. The van der Waals surface area contributed by atoms with E-state index in [4.69, 9.17) is 18.9 Å². The Morgan fingerprint density at radius 2 is 1.28 bits per heavy atom. The molecule has 6 heteroatoms. The molecule has 0 aliphatic heterocycles. The van der Waals surface area contributed by atoms with E-state index in [-0.39, 0.29) is 5.97 Å². The molecule has 0 aliphatic rings. The minimum atomic E-state index is -1.42. The van der Waals surface area contributed by atoms with Crippen molar-refractivity contribution in [2.45, 2.75) is 79.1 Å². The SMILES string of the molecule is CCOC(=O)[C@H](Cc1ccc(OCC=C(C)c2ccc(-c3ccc(C(C)=CCOC[Si](C)(C)C(C)(C)C)cc3)cc2)cc1)OCC. The molecule has 0 spiro atoms. The second-order valence-electron chi connectivity index (χ2n) is 13.4. The van der Waals surface area contributed by atoms with Gasteiger partial charge in [-0.3, -0.25) is 0 Å². The fraction of sp³-hybridized carbons (Fsp3) is 0.425. The Balaban J connectivity index is 1.51. The molecule has 0 fully saturated rings. The Bertz CT molecular complexity index is 1430. The van der Waals surface area contributed by atoms with Crippen LogP contribution in [0.2, 0.25) is 18.1 Å². The van der Waals surface area contributed by atoms with Gasteiger partial charge in [-0.15, -0.1) is 0 Å². The average molecular weight is 643 g/mol. The molecular weight excluding hydrogens is 589 g/mol. The lowest BCUT2D eigenvalue weighted by molar-refractivity contribution is -0.156. The van der Waals surface area contributed by atoms with Crippen molar-refractivity contribution in [3.05, 3.63) is 102 Å². The molecule has 0 amide bonds. The van der Waals surface area contributed by atoms with Crippen LogP contribution in [0.5, 0.6) is 5.75 Å². The van der Waals surface area contributed by atoms with Crippen LogP contribution in [0.1, 0.15) is 65.2 Å². The summed E-state index contributed by atoms with van der Waals surface area (Å²) in [6.45, 7) is 21.6. The van der Waals surface area contributed by atoms with Crippen molar-refractivity contribution >= 4 is 25.2 Å². The first kappa shape index (κ1) is 37.0. The van der Waals surface area contributed by atoms with Crippen LogP contribution >= 0.6 is 0 Å². The summed E-state index contributed by atoms with van der Waals surface area (Å²) in [5, 5.41) is 0.335. The maximum absolute atomic E-state index is 12.1. The Hall–Kier alpha value is -3.45. The Kier molecular flexibility index (Phi) is 14.0. The lowest BCUT2D eigenvalue weighted by Gasteiger charge is -2.36. The van der Waals surface area contributed by atoms with E-state index in [9.17, 15) is 4.79 Å². The second kappa shape index (κ2) is 17.5. The molecule has 0 N–H and O–H groups in total. The highest BCUT2D eigenvalue weighted by Gasteiger charge is 2.35. The monoisotopic (exact) mass is 642 g/mol. The minimum Gasteiger partial charge on any atom is -0.490 e. The molecule has 5 nitrogen and oxygen atoms in total. The van der Waals surface area contributed by atoms with Crippen LogP contribution in [0.3, 0.4) is 0 Å². The first-order valence-corrected chi connectivity index (χ1v) is 19.7. The standard InChI is InChI=1S/C40H54O5Si/c1-10-43-38(39(41)44-11-2)28-32-12-22-37(23-13-32)45-27-25-31(4)34-16-20-36(21-17-34)35-18-14-33(15-19-35)30(3)24-26-42-29-46(8,9)40(5,6)7/h12-25,38H,10-11,26-29H2,1-9H3/t38-/m0/s1. The van der Waals surface area contributed by atoms with Gasteiger partial charge in [0.25, 0.3) is 0 Å². The van der Waals surface area contributed by atoms with Crippen LogP contribution < -0.4 is 4.74 Å². The quantitative estimate of drug-likeness (QED) is 0.0885. The number of hydrogen-bond donors (Lipinski definition) is 0. The number of carbonyl (C=O) groups is 1. The van der Waals surface area contributed by atoms with Gasteiger partial charge in [0.15, 0.2) is 6.10 Å². The molecule has 0 saturated carbocycles. The average Bonchev–Trinajstić information content (AvgIpc) is 3.03. The number of esters is 1. The van der Waals surface area contributed by atoms with Gasteiger partial charge in [0, 0.05) is 19.3 Å². The van der Waals surface area contributed by atoms with Gasteiger partial charge in [0.05, 0.1) is 21.3 Å². The normalized spacial score (nSPS) is 13.4. The summed E-state index contributed by atoms with van der Waals surface area (Å²) < 4.78 is 22.8. The van der Waals surface area contributed by atoms with E-state index in [1.54, 1.807) is 6.92 Å². The smallest absolute Gasteiger partial charge is 0.335 e. The molecule has 0 saturated heterocycles. The number of allylic oxidation sites excluding steroid dienone is 2. The molecule has 0 radical (unpaired) electrons. The summed E-state index contributed by atoms with van der Waals surface area (Å²) >= 11 is 0. The van der Waals surface area contributed by atoms with E-state index >= 15 is 0 Å². The third-order valence-electron chi connectivity index (χ3n) is 8.92. The van der Waals surface area contributed by atoms with Gasteiger partial charge >= 0.3 is 5.97 Å². The van der Waals surface area contributed by atoms with Crippen LogP contribution in [0.15, 0.2) is 84.9 Å². The molecule has 0 aromatic heterocycles. The van der Waals surface area contributed by atoms with Gasteiger partial charge in [-0.05, 0) is 89.9 Å². The molecule has 3 rings (SSSR count). The molecular formula is C40H54O5Si. The van der Waals surface area contributed by atoms with Crippen LogP contribution in [0.4, 0.5) is 0 Å². The van der Waals surface area contributed by atoms with E-state index in [1.807, 2.05) is 31.2 Å². The minimum absolute atomic E-state index is 0.326. The predicted molar refractivity (Wildman–Crippen MR) is 195 cm³/mol. The summed E-state index contributed by atoms with van der Waals surface area (Å²) in [7, 11) is -1.42. The van der Waals surface area contributed by atoms with Crippen molar-refractivity contribution in [2.75, 3.05) is 32.7 Å². The molecule has 248 valence electrons. The first-order valence-electron chi connectivity index (χ1n) is 16.5. The zero-order chi connectivity index (χ0) is 33.7. The first-order chi connectivity index (χ1) is 21.8. The molecule has 3 aromatic carbocycles. The van der Waals surface area contributed by atoms with Gasteiger partial charge in [0.1, 0.15) is 12.4 Å². The maximum atomic E-state index is 12.1. The van der Waals surface area contributed by atoms with Crippen LogP contribution in [-0.2, 0) is 25.4 Å². The van der Waals surface area contributed by atoms with E-state index < -0.39 is 14.2 Å². The fourth-order valence-electron chi connectivity index (χ4n) is 4.65. The molecule has 0 unspecified atom stereocenters. The van der Waals surface area contributed by atoms with Gasteiger partial charge in [-0.1, -0.05) is 101 Å². The third kappa shape index (κ3) is 11.1. The van der Waals surface area contributed by atoms with Gasteiger partial charge < -0.3 is 18.9 Å². The molecule has 1 atom stereocenters. The van der Waals surface area contributed by atoms with Crippen LogP contribution in [-0.4, -0.2) is 52.8 Å². The fourth-order valence-corrected chi connectivity index (χ4v) is 5.71. The number of carbonyl (C=O) groups excluding carboxylic acids is 1. The summed E-state index contributed by atoms with van der Waals surface area (Å²) in [4.78, 5) is 12.1. The Labute approximate surface area is 278 Å². The highest BCUT2D eigenvalue weighted by Crippen LogP contribution is 2.36. The lowest BCUT2D eigenvalue weighted by atomic mass is 9.98. The highest BCUT2D eigenvalue weighted by molar-refractivity contribution is 6.80. The molecule has 46 heavy (non-hydrogen) atoms. The Morgan fingerprint density at radius 3 is 1.76 bits per heavy atom. The summed E-state index contributed by atoms with van der Waals surface area (Å²) in [6, 6.07) is 25.2. The van der Waals surface area contributed by atoms with Gasteiger partial charge in [0.2, 0.25) is 0 Å². The van der Waals surface area contributed by atoms with E-state index in [0.717, 1.165) is 28.7 Å². The zero-order valence-corrected chi connectivity index (χ0v) is 30.4. The Morgan fingerprint density at radius 1 is 0.761 bits per heavy atom. The highest BCUT2D eigenvalue weighted by atomic mass is 28.3. The lowest BCUT2D eigenvalue weighted by Crippen LogP contribution is -2.42. The van der Waals surface area contributed by atoms with Crippen molar-refractivity contribution in [3.8, 4) is 16.9 Å². The largest absolute Gasteiger partial charge is 0.490 e.